The van der Waals surface area contributed by atoms with Gasteiger partial charge in [-0.15, -0.1) is 0 Å². The van der Waals surface area contributed by atoms with Crippen LogP contribution >= 0.6 is 0 Å². The molecule has 17 heavy (non-hydrogen) atoms. The van der Waals surface area contributed by atoms with E-state index in [1.165, 1.54) is 31.6 Å². The van der Waals surface area contributed by atoms with E-state index in [1.54, 1.807) is 18.2 Å². The highest BCUT2D eigenvalue weighted by molar-refractivity contribution is 5.85. The zero-order valence-corrected chi connectivity index (χ0v) is 11.3. The molecule has 1 rings (SSSR count). The zero-order valence-electron chi connectivity index (χ0n) is 11.3. The summed E-state index contributed by atoms with van der Waals surface area (Å²) in [6, 6.07) is 8.06. The summed E-state index contributed by atoms with van der Waals surface area (Å²) in [6.45, 7) is 7.01. The molecule has 0 atom stereocenters. The number of nitrogens with zero attached hydrogens (tertiary/aromatic N) is 1. The van der Waals surface area contributed by atoms with E-state index in [9.17, 15) is 9.90 Å². The van der Waals surface area contributed by atoms with Crippen LogP contribution in [0.15, 0.2) is 30.3 Å². The van der Waals surface area contributed by atoms with Gasteiger partial charge in [0.1, 0.15) is 0 Å². The highest BCUT2D eigenvalue weighted by Gasteiger charge is 2.07. The maximum atomic E-state index is 10.1. The van der Waals surface area contributed by atoms with Crippen LogP contribution in [0.25, 0.3) is 0 Å². The third-order valence-corrected chi connectivity index (χ3v) is 2.69. The van der Waals surface area contributed by atoms with E-state index in [0.717, 1.165) is 4.48 Å². The van der Waals surface area contributed by atoms with Gasteiger partial charge in [0, 0.05) is 0 Å². The summed E-state index contributed by atoms with van der Waals surface area (Å²) < 4.78 is 1.16. The van der Waals surface area contributed by atoms with Crippen LogP contribution in [0.2, 0.25) is 0 Å². The van der Waals surface area contributed by atoms with Gasteiger partial charge in [-0.3, -0.25) is 0 Å². The van der Waals surface area contributed by atoms with Crippen LogP contribution in [0.1, 0.15) is 30.6 Å². The predicted molar refractivity (Wildman–Crippen MR) is 68.6 cm³/mol. The fourth-order valence-electron chi connectivity index (χ4n) is 1.34. The Balaban J connectivity index is 0.000000304. The van der Waals surface area contributed by atoms with Crippen molar-refractivity contribution in [1.82, 2.24) is 0 Å². The van der Waals surface area contributed by atoms with Gasteiger partial charge in [-0.2, -0.15) is 0 Å². The maximum Gasteiger partial charge on any atom is 0.0779 e. The monoisotopic (exact) mass is 237 g/mol. The van der Waals surface area contributed by atoms with Crippen molar-refractivity contribution in [3.05, 3.63) is 35.9 Å². The molecule has 1 aromatic carbocycles. The lowest BCUT2D eigenvalue weighted by atomic mass is 10.2. The largest absolute Gasteiger partial charge is 0.545 e. The molecule has 96 valence electrons. The van der Waals surface area contributed by atoms with Gasteiger partial charge in [0.25, 0.3) is 0 Å². The van der Waals surface area contributed by atoms with E-state index in [1.807, 2.05) is 0 Å². The third kappa shape index (κ3) is 7.53. The third-order valence-electron chi connectivity index (χ3n) is 2.69. The van der Waals surface area contributed by atoms with Crippen molar-refractivity contribution in [2.75, 3.05) is 27.2 Å². The second-order valence-corrected chi connectivity index (χ2v) is 4.63. The Hall–Kier alpha value is -1.35. The van der Waals surface area contributed by atoms with Gasteiger partial charge in [0.05, 0.1) is 33.2 Å². The SMILES string of the molecule is CCC[N+](C)(C)CC.O=C([O-])c1ccccc1. The first-order valence-corrected chi connectivity index (χ1v) is 6.01. The Morgan fingerprint density at radius 3 is 1.94 bits per heavy atom. The van der Waals surface area contributed by atoms with Gasteiger partial charge >= 0.3 is 0 Å². The standard InChI is InChI=1S/C7H18N.C7H6O2/c1-5-7-8(3,4)6-2;8-7(9)6-4-2-1-3-5-6/h5-7H2,1-4H3;1-5H,(H,8,9)/q+1;/p-1. The fraction of sp³-hybridized carbons (Fsp3) is 0.500. The maximum absolute atomic E-state index is 10.1. The average Bonchev–Trinajstić information content (AvgIpc) is 2.31. The molecule has 0 N–H and O–H groups in total. The lowest BCUT2D eigenvalue weighted by molar-refractivity contribution is -0.888. The number of rotatable bonds is 4. The van der Waals surface area contributed by atoms with Gasteiger partial charge in [0.15, 0.2) is 0 Å². The molecule has 3 heteroatoms. The molecule has 0 fully saturated rings. The van der Waals surface area contributed by atoms with Gasteiger partial charge in [-0.1, -0.05) is 37.3 Å². The molecule has 0 saturated carbocycles. The number of quaternary nitrogens is 1. The number of benzene rings is 1. The molecule has 0 amide bonds. The van der Waals surface area contributed by atoms with Gasteiger partial charge < -0.3 is 14.4 Å². The minimum atomic E-state index is -1.13. The van der Waals surface area contributed by atoms with Crippen molar-refractivity contribution in [2.45, 2.75) is 20.3 Å². The van der Waals surface area contributed by atoms with E-state index >= 15 is 0 Å². The highest BCUT2D eigenvalue weighted by Crippen LogP contribution is 1.96. The Morgan fingerprint density at radius 1 is 1.18 bits per heavy atom. The molecular formula is C14H23NO2. The predicted octanol–water partition coefficient (Wildman–Crippen LogP) is 1.54. The normalized spacial score (nSPS) is 10.4. The van der Waals surface area contributed by atoms with Crippen molar-refractivity contribution in [1.29, 1.82) is 0 Å². The summed E-state index contributed by atoms with van der Waals surface area (Å²) in [5.41, 5.74) is 0.220. The Kier molecular flexibility index (Phi) is 7.22. The van der Waals surface area contributed by atoms with Crippen LogP contribution in [0.4, 0.5) is 0 Å². The van der Waals surface area contributed by atoms with Crippen LogP contribution in [0, 0.1) is 0 Å². The van der Waals surface area contributed by atoms with E-state index in [4.69, 9.17) is 0 Å². The van der Waals surface area contributed by atoms with Crippen molar-refractivity contribution in [2.24, 2.45) is 0 Å². The number of hydrogen-bond donors (Lipinski definition) is 0. The zero-order chi connectivity index (χ0) is 13.3. The van der Waals surface area contributed by atoms with Crippen molar-refractivity contribution >= 4 is 5.97 Å². The summed E-state index contributed by atoms with van der Waals surface area (Å²) in [6.07, 6.45) is 1.29. The number of hydrogen-bond acceptors (Lipinski definition) is 2. The topological polar surface area (TPSA) is 40.1 Å². The molecule has 0 aliphatic heterocycles. The number of carbonyl (C=O) groups excluding carboxylic acids is 1. The molecule has 0 heterocycles. The van der Waals surface area contributed by atoms with Crippen molar-refractivity contribution in [3.63, 3.8) is 0 Å². The van der Waals surface area contributed by atoms with Crippen LogP contribution in [-0.2, 0) is 0 Å². The first-order valence-electron chi connectivity index (χ1n) is 6.01. The molecule has 0 unspecified atom stereocenters. The van der Waals surface area contributed by atoms with Crippen molar-refractivity contribution < 1.29 is 14.4 Å². The molecule has 0 aliphatic carbocycles. The van der Waals surface area contributed by atoms with E-state index in [2.05, 4.69) is 27.9 Å². The number of carboxylic acid groups (broad SMARTS) is 1. The number of aromatic carboxylic acids is 1. The first kappa shape index (κ1) is 15.7. The van der Waals surface area contributed by atoms with Crippen LogP contribution < -0.4 is 5.11 Å². The number of carboxylic acids is 1. The molecule has 0 radical (unpaired) electrons. The lowest BCUT2D eigenvalue weighted by Crippen LogP contribution is -2.39. The van der Waals surface area contributed by atoms with Crippen LogP contribution in [-0.4, -0.2) is 37.6 Å². The second-order valence-electron chi connectivity index (χ2n) is 4.63. The molecule has 0 bridgehead atoms. The number of carbonyl (C=O) groups is 1. The van der Waals surface area contributed by atoms with Gasteiger partial charge in [0.2, 0.25) is 0 Å². The fourth-order valence-corrected chi connectivity index (χ4v) is 1.34. The molecule has 0 aliphatic rings. The van der Waals surface area contributed by atoms with E-state index in [0.29, 0.717) is 0 Å². The minimum Gasteiger partial charge on any atom is -0.545 e. The van der Waals surface area contributed by atoms with E-state index < -0.39 is 5.97 Å². The van der Waals surface area contributed by atoms with Crippen molar-refractivity contribution in [3.8, 4) is 0 Å². The summed E-state index contributed by atoms with van der Waals surface area (Å²) >= 11 is 0. The molecule has 3 nitrogen and oxygen atoms in total. The summed E-state index contributed by atoms with van der Waals surface area (Å²) in [5.74, 6) is -1.13. The molecule has 1 aromatic rings. The van der Waals surface area contributed by atoms with Gasteiger partial charge in [-0.25, -0.2) is 0 Å². The minimum absolute atomic E-state index is 0.220. The van der Waals surface area contributed by atoms with E-state index in [-0.39, 0.29) is 5.56 Å². The smallest absolute Gasteiger partial charge is 0.0779 e. The quantitative estimate of drug-likeness (QED) is 0.745. The van der Waals surface area contributed by atoms with Crippen LogP contribution in [0.5, 0.6) is 0 Å². The molecule has 0 saturated heterocycles. The van der Waals surface area contributed by atoms with Crippen LogP contribution in [0.3, 0.4) is 0 Å². The Labute approximate surface area is 104 Å². The Morgan fingerprint density at radius 2 is 1.71 bits per heavy atom. The summed E-state index contributed by atoms with van der Waals surface area (Å²) in [7, 11) is 4.53. The Bertz CT molecular complexity index is 320. The average molecular weight is 237 g/mol. The summed E-state index contributed by atoms with van der Waals surface area (Å²) in [5, 5.41) is 10.1. The highest BCUT2D eigenvalue weighted by atomic mass is 16.4. The first-order chi connectivity index (χ1) is 7.93. The molecule has 0 aromatic heterocycles. The molecular weight excluding hydrogens is 214 g/mol. The second kappa shape index (κ2) is 7.85. The summed E-state index contributed by atoms with van der Waals surface area (Å²) in [4.78, 5) is 10.1. The molecule has 0 spiro atoms. The van der Waals surface area contributed by atoms with Gasteiger partial charge in [-0.05, 0) is 18.9 Å². The lowest BCUT2D eigenvalue weighted by Gasteiger charge is -2.27.